The molecular weight excluding hydrogens is 218 g/mol. The maximum atomic E-state index is 10.9. The smallest absolute Gasteiger partial charge is 0.339 e. The molecule has 94 valence electrons. The molecule has 0 bridgehead atoms. The number of carboxylic acid groups (broad SMARTS) is 1. The van der Waals surface area contributed by atoms with E-state index in [1.807, 2.05) is 0 Å². The van der Waals surface area contributed by atoms with Gasteiger partial charge in [-0.3, -0.25) is 0 Å². The molecule has 0 amide bonds. The van der Waals surface area contributed by atoms with Crippen molar-refractivity contribution in [1.82, 2.24) is 9.97 Å². The standard InChI is InChI=1S/C12H19N3O2/c1-4-6-15(7-5-2)12-13-8-10(11(16)17)9(3)14-12/h8H,4-7H2,1-3H3,(H,16,17). The van der Waals surface area contributed by atoms with Crippen molar-refractivity contribution in [2.75, 3.05) is 18.0 Å². The highest BCUT2D eigenvalue weighted by atomic mass is 16.4. The fourth-order valence-electron chi connectivity index (χ4n) is 1.67. The number of hydrogen-bond acceptors (Lipinski definition) is 4. The summed E-state index contributed by atoms with van der Waals surface area (Å²) >= 11 is 0. The second kappa shape index (κ2) is 6.18. The van der Waals surface area contributed by atoms with Crippen LogP contribution in [0.15, 0.2) is 6.20 Å². The number of aryl methyl sites for hydroxylation is 1. The van der Waals surface area contributed by atoms with Gasteiger partial charge in [0, 0.05) is 19.3 Å². The van der Waals surface area contributed by atoms with Crippen molar-refractivity contribution in [2.45, 2.75) is 33.6 Å². The minimum atomic E-state index is -0.980. The van der Waals surface area contributed by atoms with Gasteiger partial charge in [-0.15, -0.1) is 0 Å². The van der Waals surface area contributed by atoms with Gasteiger partial charge in [0.1, 0.15) is 0 Å². The Kier molecular flexibility index (Phi) is 4.87. The lowest BCUT2D eigenvalue weighted by molar-refractivity contribution is 0.0695. The monoisotopic (exact) mass is 237 g/mol. The predicted octanol–water partition coefficient (Wildman–Crippen LogP) is 2.11. The third kappa shape index (κ3) is 3.41. The van der Waals surface area contributed by atoms with E-state index in [0.29, 0.717) is 11.6 Å². The molecule has 1 aromatic heterocycles. The number of aromatic carboxylic acids is 1. The Morgan fingerprint density at radius 2 is 1.94 bits per heavy atom. The van der Waals surface area contributed by atoms with Crippen LogP contribution in [0.5, 0.6) is 0 Å². The second-order valence-corrected chi connectivity index (χ2v) is 3.96. The van der Waals surface area contributed by atoms with Crippen LogP contribution in [-0.4, -0.2) is 34.1 Å². The van der Waals surface area contributed by atoms with Crippen LogP contribution in [0.1, 0.15) is 42.7 Å². The van der Waals surface area contributed by atoms with E-state index in [1.54, 1.807) is 6.92 Å². The summed E-state index contributed by atoms with van der Waals surface area (Å²) in [7, 11) is 0. The first-order chi connectivity index (χ1) is 8.10. The molecule has 0 saturated carbocycles. The van der Waals surface area contributed by atoms with Crippen molar-refractivity contribution < 1.29 is 9.90 Å². The number of carbonyl (C=O) groups is 1. The summed E-state index contributed by atoms with van der Waals surface area (Å²) in [6, 6.07) is 0. The van der Waals surface area contributed by atoms with Crippen molar-refractivity contribution in [3.63, 3.8) is 0 Å². The summed E-state index contributed by atoms with van der Waals surface area (Å²) in [4.78, 5) is 21.3. The van der Waals surface area contributed by atoms with E-state index in [2.05, 4.69) is 28.7 Å². The summed E-state index contributed by atoms with van der Waals surface area (Å²) < 4.78 is 0. The van der Waals surface area contributed by atoms with Gasteiger partial charge in [0.25, 0.3) is 0 Å². The molecule has 0 spiro atoms. The first-order valence-electron chi connectivity index (χ1n) is 5.92. The van der Waals surface area contributed by atoms with Gasteiger partial charge in [-0.25, -0.2) is 14.8 Å². The topological polar surface area (TPSA) is 66.3 Å². The molecule has 0 aromatic carbocycles. The van der Waals surface area contributed by atoms with Crippen LogP contribution in [0.4, 0.5) is 5.95 Å². The van der Waals surface area contributed by atoms with Gasteiger partial charge in [-0.05, 0) is 19.8 Å². The summed E-state index contributed by atoms with van der Waals surface area (Å²) in [5.41, 5.74) is 0.682. The predicted molar refractivity (Wildman–Crippen MR) is 66.5 cm³/mol. The molecule has 0 aliphatic carbocycles. The molecule has 1 rings (SSSR count). The van der Waals surface area contributed by atoms with Gasteiger partial charge < -0.3 is 10.0 Å². The van der Waals surface area contributed by atoms with Gasteiger partial charge >= 0.3 is 5.97 Å². The van der Waals surface area contributed by atoms with Crippen LogP contribution in [0.3, 0.4) is 0 Å². The number of nitrogens with zero attached hydrogens (tertiary/aromatic N) is 3. The molecule has 5 nitrogen and oxygen atoms in total. The molecule has 0 unspecified atom stereocenters. The fourth-order valence-corrected chi connectivity index (χ4v) is 1.67. The van der Waals surface area contributed by atoms with Gasteiger partial charge in [0.05, 0.1) is 11.3 Å². The Balaban J connectivity index is 2.97. The number of carboxylic acids is 1. The van der Waals surface area contributed by atoms with E-state index in [-0.39, 0.29) is 5.56 Å². The van der Waals surface area contributed by atoms with Gasteiger partial charge in [0.15, 0.2) is 0 Å². The number of hydrogen-bond donors (Lipinski definition) is 1. The Labute approximate surface area is 102 Å². The average molecular weight is 237 g/mol. The minimum absolute atomic E-state index is 0.168. The van der Waals surface area contributed by atoms with E-state index in [0.717, 1.165) is 25.9 Å². The number of aromatic nitrogens is 2. The first kappa shape index (κ1) is 13.4. The van der Waals surface area contributed by atoms with Crippen LogP contribution >= 0.6 is 0 Å². The lowest BCUT2D eigenvalue weighted by atomic mass is 10.2. The highest BCUT2D eigenvalue weighted by molar-refractivity contribution is 5.88. The van der Waals surface area contributed by atoms with Crippen molar-refractivity contribution in [3.8, 4) is 0 Å². The molecule has 1 aromatic rings. The summed E-state index contributed by atoms with van der Waals surface area (Å²) in [6.45, 7) is 7.67. The lowest BCUT2D eigenvalue weighted by Crippen LogP contribution is -2.27. The summed E-state index contributed by atoms with van der Waals surface area (Å²) in [5.74, 6) is -0.359. The van der Waals surface area contributed by atoms with Gasteiger partial charge in [0.2, 0.25) is 5.95 Å². The average Bonchev–Trinajstić information content (AvgIpc) is 2.28. The van der Waals surface area contributed by atoms with Gasteiger partial charge in [-0.2, -0.15) is 0 Å². The summed E-state index contributed by atoms with van der Waals surface area (Å²) in [6.07, 6.45) is 3.42. The zero-order valence-corrected chi connectivity index (χ0v) is 10.6. The molecule has 0 aliphatic rings. The van der Waals surface area contributed by atoms with E-state index in [4.69, 9.17) is 5.11 Å². The van der Waals surface area contributed by atoms with Crippen LogP contribution in [0, 0.1) is 6.92 Å². The molecule has 17 heavy (non-hydrogen) atoms. The van der Waals surface area contributed by atoms with Crippen LogP contribution in [0.25, 0.3) is 0 Å². The van der Waals surface area contributed by atoms with Crippen molar-refractivity contribution in [1.29, 1.82) is 0 Å². The second-order valence-electron chi connectivity index (χ2n) is 3.96. The normalized spacial score (nSPS) is 10.3. The Bertz CT molecular complexity index is 387. The lowest BCUT2D eigenvalue weighted by Gasteiger charge is -2.21. The fraction of sp³-hybridized carbons (Fsp3) is 0.583. The zero-order chi connectivity index (χ0) is 12.8. The highest BCUT2D eigenvalue weighted by Gasteiger charge is 2.13. The first-order valence-corrected chi connectivity index (χ1v) is 5.92. The van der Waals surface area contributed by atoms with E-state index in [1.165, 1.54) is 6.20 Å². The molecule has 0 aliphatic heterocycles. The Hall–Kier alpha value is -1.65. The molecule has 0 fully saturated rings. The highest BCUT2D eigenvalue weighted by Crippen LogP contribution is 2.12. The molecule has 0 saturated heterocycles. The third-order valence-corrected chi connectivity index (χ3v) is 2.47. The van der Waals surface area contributed by atoms with E-state index in [9.17, 15) is 4.79 Å². The number of anilines is 1. The zero-order valence-electron chi connectivity index (χ0n) is 10.6. The Morgan fingerprint density at radius 3 is 2.35 bits per heavy atom. The summed E-state index contributed by atoms with van der Waals surface area (Å²) in [5, 5.41) is 8.91. The van der Waals surface area contributed by atoms with Gasteiger partial charge in [-0.1, -0.05) is 13.8 Å². The molecule has 0 atom stereocenters. The Morgan fingerprint density at radius 1 is 1.35 bits per heavy atom. The molecule has 1 heterocycles. The van der Waals surface area contributed by atoms with Crippen LogP contribution in [0.2, 0.25) is 0 Å². The minimum Gasteiger partial charge on any atom is -0.478 e. The third-order valence-electron chi connectivity index (χ3n) is 2.47. The quantitative estimate of drug-likeness (QED) is 0.820. The molecular formula is C12H19N3O2. The van der Waals surface area contributed by atoms with E-state index >= 15 is 0 Å². The molecule has 5 heteroatoms. The SMILES string of the molecule is CCCN(CCC)c1ncc(C(=O)O)c(C)n1. The molecule has 1 N–H and O–H groups in total. The van der Waals surface area contributed by atoms with E-state index < -0.39 is 5.97 Å². The number of rotatable bonds is 6. The van der Waals surface area contributed by atoms with Crippen molar-refractivity contribution in [3.05, 3.63) is 17.5 Å². The van der Waals surface area contributed by atoms with Crippen molar-refractivity contribution in [2.24, 2.45) is 0 Å². The maximum Gasteiger partial charge on any atom is 0.339 e. The van der Waals surface area contributed by atoms with Crippen molar-refractivity contribution >= 4 is 11.9 Å². The van der Waals surface area contributed by atoms with Crippen LogP contribution < -0.4 is 4.90 Å². The largest absolute Gasteiger partial charge is 0.478 e. The van der Waals surface area contributed by atoms with Crippen LogP contribution in [-0.2, 0) is 0 Å². The maximum absolute atomic E-state index is 10.9. The molecule has 0 radical (unpaired) electrons.